The number of benzene rings is 2. The minimum Gasteiger partial charge on any atom is -0.306 e. The summed E-state index contributed by atoms with van der Waals surface area (Å²) in [6.07, 6.45) is 13.1. The molecule has 3 aliphatic rings. The number of allylic oxidation sites excluding steroid dienone is 2. The predicted molar refractivity (Wildman–Crippen MR) is 149 cm³/mol. The fraction of sp³-hybridized carbons (Fsp3) is 0.188. The van der Waals surface area contributed by atoms with E-state index in [1.165, 1.54) is 18.5 Å². The van der Waals surface area contributed by atoms with E-state index in [1.807, 2.05) is 60.9 Å². The third-order valence-electron chi connectivity index (χ3n) is 7.52. The smallest absolute Gasteiger partial charge is 0.160 e. The zero-order chi connectivity index (χ0) is 24.6. The molecule has 0 radical (unpaired) electrons. The Morgan fingerprint density at radius 3 is 2.22 bits per heavy atom. The minimum absolute atomic E-state index is 0.0832. The first-order valence-corrected chi connectivity index (χ1v) is 13.0. The molecule has 0 fully saturated rings. The van der Waals surface area contributed by atoms with Gasteiger partial charge in [-0.1, -0.05) is 66.7 Å². The van der Waals surface area contributed by atoms with Gasteiger partial charge in [-0.05, 0) is 55.5 Å². The SMILES string of the molecule is C1=CC2C3=C(CCCC3)N(c3ccc(-c4cc(-c5ccccc5)nc(-c5ccccc5)n4)cn3)C2N=C1. The second-order valence-corrected chi connectivity index (χ2v) is 9.77. The Bertz CT molecular complexity index is 1460. The molecule has 0 saturated carbocycles. The monoisotopic (exact) mass is 481 g/mol. The summed E-state index contributed by atoms with van der Waals surface area (Å²) in [5, 5.41) is 0. The third-order valence-corrected chi connectivity index (χ3v) is 7.52. The lowest BCUT2D eigenvalue weighted by Gasteiger charge is -2.29. The first-order valence-electron chi connectivity index (χ1n) is 13.0. The Labute approximate surface area is 217 Å². The molecule has 0 bridgehead atoms. The first kappa shape index (κ1) is 21.9. The Balaban J connectivity index is 1.28. The molecular weight excluding hydrogens is 454 g/mol. The standard InChI is InChI=1S/C32H27N5/c1-3-10-22(11-4-1)27-20-28(36-31(35-27)23-12-5-2-6-13-23)24-17-18-30(34-21-24)37-29-16-8-7-14-25(29)26-15-9-19-33-32(26)37/h1-6,9-13,15,17-21,26,32H,7-8,14,16H2. The second kappa shape index (κ2) is 9.25. The molecule has 1 aliphatic carbocycles. The summed E-state index contributed by atoms with van der Waals surface area (Å²) in [5.41, 5.74) is 7.76. The molecule has 37 heavy (non-hydrogen) atoms. The molecule has 0 spiro atoms. The maximum absolute atomic E-state index is 4.96. The first-order chi connectivity index (χ1) is 18.3. The van der Waals surface area contributed by atoms with E-state index in [1.54, 1.807) is 5.57 Å². The Kier molecular flexibility index (Phi) is 5.47. The predicted octanol–water partition coefficient (Wildman–Crippen LogP) is 7.10. The zero-order valence-electron chi connectivity index (χ0n) is 20.5. The van der Waals surface area contributed by atoms with Gasteiger partial charge in [-0.15, -0.1) is 0 Å². The summed E-state index contributed by atoms with van der Waals surface area (Å²) in [5.74, 6) is 2.04. The fourth-order valence-electron chi connectivity index (χ4n) is 5.75. The number of dihydropyridines is 1. The van der Waals surface area contributed by atoms with Crippen molar-refractivity contribution >= 4 is 12.0 Å². The third kappa shape index (κ3) is 3.97. The zero-order valence-corrected chi connectivity index (χ0v) is 20.5. The van der Waals surface area contributed by atoms with Crippen molar-refractivity contribution in [1.29, 1.82) is 0 Å². The number of aromatic nitrogens is 3. The highest BCUT2D eigenvalue weighted by Crippen LogP contribution is 2.46. The molecular formula is C32H27N5. The topological polar surface area (TPSA) is 54.3 Å². The van der Waals surface area contributed by atoms with Gasteiger partial charge in [0.1, 0.15) is 12.0 Å². The number of nitrogens with zero attached hydrogens (tertiary/aromatic N) is 5. The summed E-state index contributed by atoms with van der Waals surface area (Å²) in [7, 11) is 0. The van der Waals surface area contributed by atoms with Crippen molar-refractivity contribution in [3.8, 4) is 33.9 Å². The maximum atomic E-state index is 4.96. The molecule has 180 valence electrons. The number of anilines is 1. The number of hydrogen-bond donors (Lipinski definition) is 0. The van der Waals surface area contributed by atoms with E-state index in [0.29, 0.717) is 11.7 Å². The van der Waals surface area contributed by atoms with E-state index in [0.717, 1.165) is 46.7 Å². The lowest BCUT2D eigenvalue weighted by atomic mass is 9.88. The number of aliphatic imine (C=N–C) groups is 1. The summed E-state index contributed by atoms with van der Waals surface area (Å²) in [6, 6.07) is 26.7. The van der Waals surface area contributed by atoms with Gasteiger partial charge in [0.05, 0.1) is 11.4 Å². The van der Waals surface area contributed by atoms with Gasteiger partial charge in [0, 0.05) is 40.7 Å². The minimum atomic E-state index is 0.0832. The molecule has 0 N–H and O–H groups in total. The van der Waals surface area contributed by atoms with Crippen LogP contribution in [0.2, 0.25) is 0 Å². The number of rotatable bonds is 4. The summed E-state index contributed by atoms with van der Waals surface area (Å²) in [6.45, 7) is 0. The van der Waals surface area contributed by atoms with Crippen LogP contribution >= 0.6 is 0 Å². The maximum Gasteiger partial charge on any atom is 0.160 e. The highest BCUT2D eigenvalue weighted by atomic mass is 15.3. The van der Waals surface area contributed by atoms with E-state index in [2.05, 4.69) is 47.4 Å². The van der Waals surface area contributed by atoms with Gasteiger partial charge in [-0.2, -0.15) is 0 Å². The van der Waals surface area contributed by atoms with E-state index < -0.39 is 0 Å². The Morgan fingerprint density at radius 1 is 0.730 bits per heavy atom. The van der Waals surface area contributed by atoms with Crippen molar-refractivity contribution < 1.29 is 0 Å². The quantitative estimate of drug-likeness (QED) is 0.312. The van der Waals surface area contributed by atoms with Crippen molar-refractivity contribution in [3.05, 3.63) is 108 Å². The van der Waals surface area contributed by atoms with Gasteiger partial charge in [0.15, 0.2) is 5.82 Å². The molecule has 2 aromatic heterocycles. The molecule has 5 heteroatoms. The molecule has 5 nitrogen and oxygen atoms in total. The fourth-order valence-corrected chi connectivity index (χ4v) is 5.75. The Hall–Kier alpha value is -4.38. The lowest BCUT2D eigenvalue weighted by molar-refractivity contribution is 0.584. The summed E-state index contributed by atoms with van der Waals surface area (Å²) < 4.78 is 0. The normalized spacial score (nSPS) is 20.2. The van der Waals surface area contributed by atoms with Crippen LogP contribution < -0.4 is 4.90 Å². The molecule has 2 unspecified atom stereocenters. The van der Waals surface area contributed by atoms with Crippen molar-refractivity contribution in [2.75, 3.05) is 4.90 Å². The van der Waals surface area contributed by atoms with Gasteiger partial charge < -0.3 is 4.90 Å². The molecule has 2 atom stereocenters. The van der Waals surface area contributed by atoms with Crippen LogP contribution in [0.15, 0.2) is 113 Å². The largest absolute Gasteiger partial charge is 0.306 e. The summed E-state index contributed by atoms with van der Waals surface area (Å²) >= 11 is 0. The number of fused-ring (bicyclic) bond motifs is 2. The summed E-state index contributed by atoms with van der Waals surface area (Å²) in [4.78, 5) is 22.0. The molecule has 4 aromatic rings. The van der Waals surface area contributed by atoms with Gasteiger partial charge in [-0.3, -0.25) is 4.99 Å². The number of hydrogen-bond acceptors (Lipinski definition) is 5. The van der Waals surface area contributed by atoms with E-state index >= 15 is 0 Å². The van der Waals surface area contributed by atoms with Crippen molar-refractivity contribution in [2.45, 2.75) is 31.8 Å². The molecule has 2 aromatic carbocycles. The lowest BCUT2D eigenvalue weighted by Crippen LogP contribution is -2.33. The molecule has 0 amide bonds. The van der Waals surface area contributed by atoms with Gasteiger partial charge in [0.2, 0.25) is 0 Å². The van der Waals surface area contributed by atoms with Crippen LogP contribution in [0.25, 0.3) is 33.9 Å². The van der Waals surface area contributed by atoms with Gasteiger partial charge in [0.25, 0.3) is 0 Å². The van der Waals surface area contributed by atoms with Crippen LogP contribution in [0.4, 0.5) is 5.82 Å². The highest BCUT2D eigenvalue weighted by Gasteiger charge is 2.41. The molecule has 2 aliphatic heterocycles. The van der Waals surface area contributed by atoms with Crippen LogP contribution in [-0.4, -0.2) is 27.3 Å². The highest BCUT2D eigenvalue weighted by molar-refractivity contribution is 5.75. The van der Waals surface area contributed by atoms with Gasteiger partial charge >= 0.3 is 0 Å². The van der Waals surface area contributed by atoms with Crippen LogP contribution in [-0.2, 0) is 0 Å². The van der Waals surface area contributed by atoms with E-state index in [9.17, 15) is 0 Å². The van der Waals surface area contributed by atoms with E-state index in [-0.39, 0.29) is 6.17 Å². The molecule has 4 heterocycles. The van der Waals surface area contributed by atoms with E-state index in [4.69, 9.17) is 19.9 Å². The number of pyridine rings is 1. The van der Waals surface area contributed by atoms with Crippen molar-refractivity contribution in [3.63, 3.8) is 0 Å². The van der Waals surface area contributed by atoms with Crippen molar-refractivity contribution in [2.24, 2.45) is 10.9 Å². The van der Waals surface area contributed by atoms with Crippen LogP contribution in [0.3, 0.4) is 0 Å². The molecule has 7 rings (SSSR count). The van der Waals surface area contributed by atoms with Crippen LogP contribution in [0.1, 0.15) is 25.7 Å². The average molecular weight is 482 g/mol. The van der Waals surface area contributed by atoms with Crippen LogP contribution in [0, 0.1) is 5.92 Å². The van der Waals surface area contributed by atoms with Crippen molar-refractivity contribution in [1.82, 2.24) is 15.0 Å². The second-order valence-electron chi connectivity index (χ2n) is 9.77. The molecule has 0 saturated heterocycles. The van der Waals surface area contributed by atoms with Gasteiger partial charge in [-0.25, -0.2) is 15.0 Å². The van der Waals surface area contributed by atoms with Crippen LogP contribution in [0.5, 0.6) is 0 Å². The average Bonchev–Trinajstić information content (AvgIpc) is 3.32. The Morgan fingerprint density at radius 2 is 1.46 bits per heavy atom.